The number of ether oxygens (including phenoxy) is 2. The molecule has 3 fully saturated rings. The Balaban J connectivity index is 1.08. The number of aromatic nitrogens is 1. The number of sulfone groups is 1. The van der Waals surface area contributed by atoms with Crippen LogP contribution in [0.4, 0.5) is 24.5 Å². The van der Waals surface area contributed by atoms with Crippen molar-refractivity contribution in [2.24, 2.45) is 5.41 Å². The minimum atomic E-state index is -4.47. The maximum Gasteiger partial charge on any atom is 0.406 e. The van der Waals surface area contributed by atoms with E-state index in [9.17, 15) is 26.4 Å². The van der Waals surface area contributed by atoms with Gasteiger partial charge in [-0.25, -0.2) is 8.42 Å². The van der Waals surface area contributed by atoms with E-state index >= 15 is 0 Å². The van der Waals surface area contributed by atoms with Gasteiger partial charge in [-0.1, -0.05) is 12.0 Å². The highest BCUT2D eigenvalue weighted by Gasteiger charge is 2.46. The number of carbonyl (C=O) groups excluding carboxylic acids is 1. The van der Waals surface area contributed by atoms with E-state index in [0.29, 0.717) is 28.0 Å². The second-order valence-electron chi connectivity index (χ2n) is 13.6. The molecule has 1 spiro atoms. The summed E-state index contributed by atoms with van der Waals surface area (Å²) in [6, 6.07) is 12.0. The third-order valence-corrected chi connectivity index (χ3v) is 11.4. The monoisotopic (exact) mass is 684 g/mol. The molecular formula is C35H39F3N4O5S. The first kappa shape index (κ1) is 32.8. The number of rotatable bonds is 6. The molecule has 1 aliphatic carbocycles. The van der Waals surface area contributed by atoms with Crippen LogP contribution in [0.5, 0.6) is 5.75 Å². The molecule has 256 valence electrons. The Morgan fingerprint density at radius 3 is 2.50 bits per heavy atom. The number of halogens is 3. The van der Waals surface area contributed by atoms with Crippen molar-refractivity contribution in [3.05, 3.63) is 48.2 Å². The van der Waals surface area contributed by atoms with Gasteiger partial charge in [0.2, 0.25) is 0 Å². The molecule has 9 nitrogen and oxygen atoms in total. The summed E-state index contributed by atoms with van der Waals surface area (Å²) in [4.78, 5) is 16.7. The molecule has 1 N–H and O–H groups in total. The third kappa shape index (κ3) is 6.75. The molecule has 2 aromatic carbocycles. The van der Waals surface area contributed by atoms with Crippen molar-refractivity contribution in [3.63, 3.8) is 0 Å². The first-order valence-corrected chi connectivity index (χ1v) is 18.3. The van der Waals surface area contributed by atoms with E-state index < -0.39 is 28.5 Å². The normalized spacial score (nSPS) is 22.8. The molecule has 7 rings (SSSR count). The van der Waals surface area contributed by atoms with Gasteiger partial charge >= 0.3 is 6.18 Å². The molecule has 0 bridgehead atoms. The fourth-order valence-corrected chi connectivity index (χ4v) is 8.30. The van der Waals surface area contributed by atoms with Crippen molar-refractivity contribution >= 4 is 38.0 Å². The van der Waals surface area contributed by atoms with Crippen molar-refractivity contribution in [1.82, 2.24) is 9.47 Å². The van der Waals surface area contributed by atoms with Gasteiger partial charge in [0.25, 0.3) is 5.91 Å². The van der Waals surface area contributed by atoms with E-state index in [1.165, 1.54) is 27.7 Å². The van der Waals surface area contributed by atoms with E-state index in [1.807, 2.05) is 6.07 Å². The SMILES string of the molecule is CS(=O)(=O)c1ccc2c(c1)OCC(=O)N2CC#Cc1cc2c(NC3CCC(N4CC5(CCOCC5)C4)CC3)cccc2n1CC(F)(F)F. The van der Waals surface area contributed by atoms with Gasteiger partial charge in [-0.2, -0.15) is 13.2 Å². The number of carbonyl (C=O) groups is 1. The van der Waals surface area contributed by atoms with Crippen molar-refractivity contribution in [1.29, 1.82) is 0 Å². The highest BCUT2D eigenvalue weighted by Crippen LogP contribution is 2.43. The molecule has 0 atom stereocenters. The van der Waals surface area contributed by atoms with Crippen LogP contribution in [0.15, 0.2) is 47.4 Å². The van der Waals surface area contributed by atoms with Crippen LogP contribution in [0.1, 0.15) is 44.2 Å². The van der Waals surface area contributed by atoms with E-state index in [-0.39, 0.29) is 35.5 Å². The molecule has 48 heavy (non-hydrogen) atoms. The zero-order chi connectivity index (χ0) is 33.7. The summed E-state index contributed by atoms with van der Waals surface area (Å²) < 4.78 is 77.5. The summed E-state index contributed by atoms with van der Waals surface area (Å²) in [5, 5.41) is 4.30. The van der Waals surface area contributed by atoms with Gasteiger partial charge in [0.1, 0.15) is 12.3 Å². The highest BCUT2D eigenvalue weighted by atomic mass is 32.2. The number of alkyl halides is 3. The lowest BCUT2D eigenvalue weighted by Gasteiger charge is -2.56. The first-order valence-electron chi connectivity index (χ1n) is 16.4. The van der Waals surface area contributed by atoms with Crippen LogP contribution >= 0.6 is 0 Å². The summed E-state index contributed by atoms with van der Waals surface area (Å²) >= 11 is 0. The summed E-state index contributed by atoms with van der Waals surface area (Å²) in [6.07, 6.45) is 3.06. The topological polar surface area (TPSA) is 93.1 Å². The smallest absolute Gasteiger partial charge is 0.406 e. The minimum absolute atomic E-state index is 0.0513. The minimum Gasteiger partial charge on any atom is -0.482 e. The number of nitrogens with zero attached hydrogens (tertiary/aromatic N) is 3. The molecule has 1 aromatic heterocycles. The summed E-state index contributed by atoms with van der Waals surface area (Å²) in [7, 11) is -3.49. The molecule has 3 aliphatic heterocycles. The molecule has 3 aromatic rings. The van der Waals surface area contributed by atoms with E-state index in [0.717, 1.165) is 76.8 Å². The van der Waals surface area contributed by atoms with Crippen LogP contribution in [-0.2, 0) is 25.9 Å². The summed E-state index contributed by atoms with van der Waals surface area (Å²) in [6.45, 7) is 2.43. The fraction of sp³-hybridized carbons (Fsp3) is 0.514. The summed E-state index contributed by atoms with van der Waals surface area (Å²) in [5.41, 5.74) is 2.19. The molecule has 13 heteroatoms. The lowest BCUT2D eigenvalue weighted by molar-refractivity contribution is -0.140. The number of likely N-dealkylation sites (tertiary alicyclic amines) is 1. The Hall–Kier alpha value is -3.73. The van der Waals surface area contributed by atoms with Gasteiger partial charge in [0, 0.05) is 67.2 Å². The van der Waals surface area contributed by atoms with Crippen LogP contribution in [0, 0.1) is 17.3 Å². The molecule has 1 saturated carbocycles. The highest BCUT2D eigenvalue weighted by molar-refractivity contribution is 7.90. The largest absolute Gasteiger partial charge is 0.482 e. The Morgan fingerprint density at radius 1 is 1.04 bits per heavy atom. The number of benzene rings is 2. The second-order valence-corrected chi connectivity index (χ2v) is 15.6. The maximum atomic E-state index is 13.8. The second kappa shape index (κ2) is 12.6. The maximum absolute atomic E-state index is 13.8. The molecule has 2 saturated heterocycles. The van der Waals surface area contributed by atoms with Crippen LogP contribution in [-0.4, -0.2) is 87.8 Å². The average molecular weight is 685 g/mol. The van der Waals surface area contributed by atoms with Crippen molar-refractivity contribution in [3.8, 4) is 17.6 Å². The number of fused-ring (bicyclic) bond motifs is 2. The lowest BCUT2D eigenvalue weighted by Crippen LogP contribution is -2.62. The van der Waals surface area contributed by atoms with Crippen LogP contribution in [0.3, 0.4) is 0 Å². The molecule has 0 radical (unpaired) electrons. The molecular weight excluding hydrogens is 645 g/mol. The number of hydrogen-bond donors (Lipinski definition) is 1. The number of hydrogen-bond acceptors (Lipinski definition) is 7. The molecule has 4 aliphatic rings. The predicted molar refractivity (Wildman–Crippen MR) is 176 cm³/mol. The van der Waals surface area contributed by atoms with Crippen molar-refractivity contribution < 1.29 is 35.9 Å². The quantitative estimate of drug-likeness (QED) is 0.356. The molecule has 1 amide bonds. The fourth-order valence-electron chi connectivity index (χ4n) is 7.66. The average Bonchev–Trinajstić information content (AvgIpc) is 3.37. The van der Waals surface area contributed by atoms with E-state index in [1.54, 1.807) is 18.2 Å². The Labute approximate surface area is 278 Å². The van der Waals surface area contributed by atoms with Crippen LogP contribution < -0.4 is 15.0 Å². The van der Waals surface area contributed by atoms with Crippen LogP contribution in [0.25, 0.3) is 10.9 Å². The Kier molecular flexibility index (Phi) is 8.62. The van der Waals surface area contributed by atoms with Crippen molar-refractivity contribution in [2.75, 3.05) is 55.9 Å². The Bertz CT molecular complexity index is 1870. The summed E-state index contributed by atoms with van der Waals surface area (Å²) in [5.74, 6) is 5.61. The van der Waals surface area contributed by atoms with Gasteiger partial charge in [0.15, 0.2) is 16.4 Å². The zero-order valence-corrected chi connectivity index (χ0v) is 27.6. The first-order chi connectivity index (χ1) is 22.9. The number of nitrogens with one attached hydrogen (secondary N) is 1. The zero-order valence-electron chi connectivity index (χ0n) is 26.8. The third-order valence-electron chi connectivity index (χ3n) is 10.2. The lowest BCUT2D eigenvalue weighted by atomic mass is 9.71. The van der Waals surface area contributed by atoms with E-state index in [4.69, 9.17) is 9.47 Å². The van der Waals surface area contributed by atoms with Gasteiger partial charge < -0.3 is 19.4 Å². The predicted octanol–water partition coefficient (Wildman–Crippen LogP) is 5.22. The van der Waals surface area contributed by atoms with Crippen molar-refractivity contribution in [2.45, 2.75) is 68.2 Å². The van der Waals surface area contributed by atoms with E-state index in [2.05, 4.69) is 22.1 Å². The van der Waals surface area contributed by atoms with Gasteiger partial charge in [-0.15, -0.1) is 0 Å². The van der Waals surface area contributed by atoms with Gasteiger partial charge in [-0.3, -0.25) is 14.6 Å². The molecule has 4 heterocycles. The Morgan fingerprint density at radius 2 is 1.79 bits per heavy atom. The standard InChI is InChI=1S/C35H39F3N4O5S/c1-48(44,45)27-11-12-31-32(19-27)47-20-33(43)41(31)15-3-4-26-18-28-29(5-2-6-30(28)42(26)23-35(36,37)38)39-24-7-9-25(10-8-24)40-21-34(22-40)13-16-46-17-14-34/h2,5-6,11-12,18-19,24-25,39H,7-10,13-17,20-23H2,1H3. The number of amides is 1. The van der Waals surface area contributed by atoms with Crippen LogP contribution in [0.2, 0.25) is 0 Å². The van der Waals surface area contributed by atoms with Gasteiger partial charge in [-0.05, 0) is 74.8 Å². The number of anilines is 2. The molecule has 0 unspecified atom stereocenters. The van der Waals surface area contributed by atoms with Gasteiger partial charge in [0.05, 0.1) is 28.3 Å².